The first-order chi connectivity index (χ1) is 13.1. The highest BCUT2D eigenvalue weighted by Gasteiger charge is 2.42. The van der Waals surface area contributed by atoms with Crippen molar-refractivity contribution < 1.29 is 40.3 Å². The van der Waals surface area contributed by atoms with Gasteiger partial charge in [-0.2, -0.15) is 26.3 Å². The van der Waals surface area contributed by atoms with Gasteiger partial charge in [0.15, 0.2) is 0 Å². The molecule has 0 unspecified atom stereocenters. The number of nitrogens with one attached hydrogen (secondary N) is 1. The lowest BCUT2D eigenvalue weighted by molar-refractivity contribution is -0.142. The number of alkyl halides is 6. The van der Waals surface area contributed by atoms with Crippen LogP contribution < -0.4 is 5.32 Å². The van der Waals surface area contributed by atoms with E-state index in [4.69, 9.17) is 9.15 Å². The molecule has 0 spiro atoms. The molecule has 1 aromatic heterocycles. The molecule has 0 saturated heterocycles. The van der Waals surface area contributed by atoms with Gasteiger partial charge in [0.2, 0.25) is 0 Å². The Morgan fingerprint density at radius 3 is 2.00 bits per heavy atom. The third-order valence-corrected chi connectivity index (χ3v) is 3.89. The highest BCUT2D eigenvalue weighted by atomic mass is 79.9. The summed E-state index contributed by atoms with van der Waals surface area (Å²) in [5, 5.41) is 2.31. The lowest BCUT2D eigenvalue weighted by Crippen LogP contribution is -2.32. The molecule has 1 N–H and O–H groups in total. The molecular formula is C18H16BrF6NO3. The number of alkyl carbamates (subject to hydrolysis) is 1. The van der Waals surface area contributed by atoms with Crippen LogP contribution >= 0.6 is 15.9 Å². The van der Waals surface area contributed by atoms with Gasteiger partial charge in [0.05, 0.1) is 17.7 Å². The quantitative estimate of drug-likeness (QED) is 0.486. The third kappa shape index (κ3) is 6.15. The van der Waals surface area contributed by atoms with Gasteiger partial charge in [-0.1, -0.05) is 15.9 Å². The Morgan fingerprint density at radius 2 is 1.55 bits per heavy atom. The van der Waals surface area contributed by atoms with E-state index in [0.29, 0.717) is 12.1 Å². The second-order valence-corrected chi connectivity index (χ2v) is 7.91. The summed E-state index contributed by atoms with van der Waals surface area (Å²) in [6.45, 7) is 4.60. The molecule has 29 heavy (non-hydrogen) atoms. The van der Waals surface area contributed by atoms with Gasteiger partial charge in [-0.15, -0.1) is 0 Å². The van der Waals surface area contributed by atoms with Crippen LogP contribution in [0.1, 0.15) is 37.7 Å². The van der Waals surface area contributed by atoms with E-state index in [-0.39, 0.29) is 16.8 Å². The van der Waals surface area contributed by atoms with Crippen molar-refractivity contribution in [1.82, 2.24) is 5.32 Å². The van der Waals surface area contributed by atoms with Crippen LogP contribution in [-0.2, 0) is 23.6 Å². The molecule has 2 aromatic rings. The van der Waals surface area contributed by atoms with E-state index in [2.05, 4.69) is 21.2 Å². The fraction of sp³-hybridized carbons (Fsp3) is 0.389. The fourth-order valence-corrected chi connectivity index (χ4v) is 2.86. The number of ether oxygens (including phenoxy) is 1. The van der Waals surface area contributed by atoms with Crippen LogP contribution in [0.15, 0.2) is 33.2 Å². The van der Waals surface area contributed by atoms with Crippen LogP contribution in [-0.4, -0.2) is 11.7 Å². The molecule has 0 radical (unpaired) electrons. The first kappa shape index (κ1) is 23.1. The molecule has 0 atom stereocenters. The molecule has 160 valence electrons. The maximum atomic E-state index is 13.4. The van der Waals surface area contributed by atoms with Gasteiger partial charge in [0.25, 0.3) is 0 Å². The average Bonchev–Trinajstić information content (AvgIpc) is 2.97. The lowest BCUT2D eigenvalue weighted by atomic mass is 9.98. The van der Waals surface area contributed by atoms with Crippen molar-refractivity contribution in [2.45, 2.75) is 45.3 Å². The fourth-order valence-electron chi connectivity index (χ4n) is 2.40. The molecule has 0 aliphatic rings. The zero-order chi connectivity index (χ0) is 22.2. The molecule has 0 aliphatic carbocycles. The molecule has 4 nitrogen and oxygen atoms in total. The molecule has 1 amide bonds. The van der Waals surface area contributed by atoms with Gasteiger partial charge < -0.3 is 14.5 Å². The number of halogens is 7. The molecule has 0 aliphatic heterocycles. The topological polar surface area (TPSA) is 51.5 Å². The molecule has 0 bridgehead atoms. The van der Waals surface area contributed by atoms with Crippen molar-refractivity contribution in [3.8, 4) is 11.3 Å². The smallest absolute Gasteiger partial charge is 0.417 e. The number of rotatable bonds is 3. The van der Waals surface area contributed by atoms with Crippen LogP contribution in [0.3, 0.4) is 0 Å². The molecule has 1 heterocycles. The van der Waals surface area contributed by atoms with Crippen molar-refractivity contribution >= 4 is 22.0 Å². The van der Waals surface area contributed by atoms with Crippen molar-refractivity contribution in [1.29, 1.82) is 0 Å². The Morgan fingerprint density at radius 1 is 1.03 bits per heavy atom. The van der Waals surface area contributed by atoms with E-state index >= 15 is 0 Å². The summed E-state index contributed by atoms with van der Waals surface area (Å²) in [7, 11) is 0. The maximum absolute atomic E-state index is 13.4. The summed E-state index contributed by atoms with van der Waals surface area (Å²) in [5.41, 5.74) is -4.91. The summed E-state index contributed by atoms with van der Waals surface area (Å²) in [5.74, 6) is -0.673. The minimum atomic E-state index is -5.05. The molecule has 0 saturated carbocycles. The standard InChI is InChI=1S/C18H16BrF6NO3/c1-16(2,3)29-15(27)26-8-10-4-5-13(28-10)14-11(17(20,21)22)6-9(19)7-12(14)18(23,24)25/h4-7H,8H2,1-3H3,(H,26,27). The molecule has 2 rings (SSSR count). The minimum absolute atomic E-state index is 0.0463. The number of carbonyl (C=O) groups excluding carboxylic acids is 1. The van der Waals surface area contributed by atoms with Gasteiger partial charge in [-0.05, 0) is 45.0 Å². The number of hydrogen-bond donors (Lipinski definition) is 1. The van der Waals surface area contributed by atoms with E-state index in [0.717, 1.165) is 6.07 Å². The van der Waals surface area contributed by atoms with Gasteiger partial charge in [-0.25, -0.2) is 4.79 Å². The summed E-state index contributed by atoms with van der Waals surface area (Å²) < 4.78 is 90.2. The van der Waals surface area contributed by atoms with E-state index in [1.54, 1.807) is 20.8 Å². The van der Waals surface area contributed by atoms with E-state index in [9.17, 15) is 31.1 Å². The third-order valence-electron chi connectivity index (χ3n) is 3.43. The number of furan rings is 1. The first-order valence-corrected chi connectivity index (χ1v) is 8.91. The molecule has 0 fully saturated rings. The zero-order valence-corrected chi connectivity index (χ0v) is 17.0. The number of carbonyl (C=O) groups is 1. The van der Waals surface area contributed by atoms with Crippen molar-refractivity contribution in [3.05, 3.63) is 45.6 Å². The second kappa shape index (κ2) is 7.92. The Labute approximate surface area is 170 Å². The molecule has 11 heteroatoms. The highest BCUT2D eigenvalue weighted by Crippen LogP contribution is 2.46. The van der Waals surface area contributed by atoms with E-state index in [1.807, 2.05) is 0 Å². The predicted molar refractivity (Wildman–Crippen MR) is 94.9 cm³/mol. The summed E-state index contributed by atoms with van der Waals surface area (Å²) in [6.07, 6.45) is -10.9. The summed E-state index contributed by atoms with van der Waals surface area (Å²) in [6, 6.07) is 3.26. The predicted octanol–water partition coefficient (Wildman–Crippen LogP) is 6.77. The summed E-state index contributed by atoms with van der Waals surface area (Å²) in [4.78, 5) is 11.6. The number of benzene rings is 1. The second-order valence-electron chi connectivity index (χ2n) is 6.99. The van der Waals surface area contributed by atoms with Gasteiger partial charge in [0.1, 0.15) is 17.1 Å². The zero-order valence-electron chi connectivity index (χ0n) is 15.4. The Balaban J connectivity index is 2.42. The molecule has 1 aromatic carbocycles. The molecular weight excluding hydrogens is 472 g/mol. The Bertz CT molecular complexity index is 861. The Hall–Kier alpha value is -2.17. The van der Waals surface area contributed by atoms with Crippen LogP contribution in [0.5, 0.6) is 0 Å². The Kier molecular flexibility index (Phi) is 6.32. The van der Waals surface area contributed by atoms with E-state index < -0.39 is 46.5 Å². The summed E-state index contributed by atoms with van der Waals surface area (Å²) >= 11 is 2.68. The monoisotopic (exact) mass is 487 g/mol. The minimum Gasteiger partial charge on any atom is -0.459 e. The normalized spacial score (nSPS) is 12.8. The van der Waals surface area contributed by atoms with Crippen LogP contribution in [0.4, 0.5) is 31.1 Å². The SMILES string of the molecule is CC(C)(C)OC(=O)NCc1ccc(-c2c(C(F)(F)F)cc(Br)cc2C(F)(F)F)o1. The van der Waals surface area contributed by atoms with Gasteiger partial charge >= 0.3 is 18.4 Å². The van der Waals surface area contributed by atoms with Crippen LogP contribution in [0.25, 0.3) is 11.3 Å². The number of amides is 1. The maximum Gasteiger partial charge on any atom is 0.417 e. The van der Waals surface area contributed by atoms with Crippen LogP contribution in [0.2, 0.25) is 0 Å². The van der Waals surface area contributed by atoms with E-state index in [1.165, 1.54) is 6.07 Å². The van der Waals surface area contributed by atoms with Gasteiger partial charge in [-0.3, -0.25) is 0 Å². The largest absolute Gasteiger partial charge is 0.459 e. The van der Waals surface area contributed by atoms with Gasteiger partial charge in [0, 0.05) is 10.0 Å². The number of hydrogen-bond acceptors (Lipinski definition) is 3. The highest BCUT2D eigenvalue weighted by molar-refractivity contribution is 9.10. The van der Waals surface area contributed by atoms with Crippen molar-refractivity contribution in [3.63, 3.8) is 0 Å². The van der Waals surface area contributed by atoms with Crippen molar-refractivity contribution in [2.24, 2.45) is 0 Å². The van der Waals surface area contributed by atoms with Crippen LogP contribution in [0, 0.1) is 0 Å². The van der Waals surface area contributed by atoms with Crippen molar-refractivity contribution in [2.75, 3.05) is 0 Å². The average molecular weight is 488 g/mol. The lowest BCUT2D eigenvalue weighted by Gasteiger charge is -2.19. The first-order valence-electron chi connectivity index (χ1n) is 8.12.